The molecule has 0 radical (unpaired) electrons. The molecule has 1 fully saturated rings. The van der Waals surface area contributed by atoms with Crippen molar-refractivity contribution in [1.82, 2.24) is 10.3 Å². The van der Waals surface area contributed by atoms with Crippen molar-refractivity contribution in [2.24, 2.45) is 4.99 Å². The van der Waals surface area contributed by atoms with Gasteiger partial charge >= 0.3 is 0 Å². The van der Waals surface area contributed by atoms with Crippen LogP contribution in [0.1, 0.15) is 19.4 Å². The first-order valence-corrected chi connectivity index (χ1v) is 8.05. The van der Waals surface area contributed by atoms with E-state index in [4.69, 9.17) is 0 Å². The van der Waals surface area contributed by atoms with Crippen molar-refractivity contribution >= 4 is 39.8 Å². The number of aliphatic imine (C=N–C) groups is 1. The zero-order valence-electron chi connectivity index (χ0n) is 12.9. The predicted molar refractivity (Wildman–Crippen MR) is 94.1 cm³/mol. The van der Waals surface area contributed by atoms with E-state index in [2.05, 4.69) is 15.3 Å². The summed E-state index contributed by atoms with van der Waals surface area (Å²) in [6.45, 7) is 3.60. The number of amidine groups is 1. The quantitative estimate of drug-likeness (QED) is 0.850. The van der Waals surface area contributed by atoms with E-state index in [1.165, 1.54) is 11.8 Å². The van der Waals surface area contributed by atoms with Gasteiger partial charge in [-0.15, -0.1) is 0 Å². The minimum atomic E-state index is -0.893. The van der Waals surface area contributed by atoms with Gasteiger partial charge in [-0.1, -0.05) is 12.1 Å². The average molecular weight is 327 g/mol. The van der Waals surface area contributed by atoms with Crippen LogP contribution in [0.2, 0.25) is 0 Å². The third-order valence-corrected chi connectivity index (χ3v) is 4.13. The predicted octanol–water partition coefficient (Wildman–Crippen LogP) is 2.57. The molecule has 1 aromatic carbocycles. The molecule has 0 aliphatic carbocycles. The monoisotopic (exact) mass is 327 g/mol. The standard InChI is InChI=1S/C17H17N3O2S/c1-17(2,22)10-19-16-20-15(21)14(23-16)9-11-5-6-13-12(8-11)4-3-7-18-13/h3-9,22H,10H2,1-2H3,(H,19,20,21)/b14-9-. The van der Waals surface area contributed by atoms with Gasteiger partial charge in [-0.05, 0) is 55.4 Å². The van der Waals surface area contributed by atoms with E-state index in [1.54, 1.807) is 20.0 Å². The summed E-state index contributed by atoms with van der Waals surface area (Å²) >= 11 is 1.28. The Hall–Kier alpha value is -2.18. The third-order valence-electron chi connectivity index (χ3n) is 3.19. The number of aromatic nitrogens is 1. The highest BCUT2D eigenvalue weighted by Gasteiger charge is 2.24. The molecule has 6 heteroatoms. The van der Waals surface area contributed by atoms with Crippen LogP contribution in [0.3, 0.4) is 0 Å². The van der Waals surface area contributed by atoms with E-state index in [9.17, 15) is 9.90 Å². The van der Waals surface area contributed by atoms with Crippen LogP contribution in [0.4, 0.5) is 0 Å². The molecule has 2 aromatic rings. The molecule has 0 unspecified atom stereocenters. The molecule has 2 heterocycles. The van der Waals surface area contributed by atoms with Gasteiger partial charge in [0.1, 0.15) is 0 Å². The molecule has 1 aliphatic heterocycles. The third kappa shape index (κ3) is 3.97. The van der Waals surface area contributed by atoms with Gasteiger partial charge < -0.3 is 10.4 Å². The fourth-order valence-electron chi connectivity index (χ4n) is 2.10. The largest absolute Gasteiger partial charge is 0.389 e. The summed E-state index contributed by atoms with van der Waals surface area (Å²) in [7, 11) is 0. The SMILES string of the molecule is CC(C)(O)CN=C1NC(=O)/C(=C/c2ccc3ncccc3c2)S1. The molecule has 1 saturated heterocycles. The highest BCUT2D eigenvalue weighted by atomic mass is 32.2. The zero-order chi connectivity index (χ0) is 16.4. The minimum Gasteiger partial charge on any atom is -0.389 e. The highest BCUT2D eigenvalue weighted by molar-refractivity contribution is 8.18. The first-order valence-electron chi connectivity index (χ1n) is 7.23. The van der Waals surface area contributed by atoms with Gasteiger partial charge in [0.25, 0.3) is 5.91 Å². The molecule has 2 N–H and O–H groups in total. The molecular weight excluding hydrogens is 310 g/mol. The molecule has 0 spiro atoms. The van der Waals surface area contributed by atoms with Crippen molar-refractivity contribution in [1.29, 1.82) is 0 Å². The number of benzene rings is 1. The van der Waals surface area contributed by atoms with E-state index in [1.807, 2.05) is 36.4 Å². The molecule has 0 atom stereocenters. The number of nitrogens with one attached hydrogen (secondary N) is 1. The fraction of sp³-hybridized carbons (Fsp3) is 0.235. The Balaban J connectivity index is 1.82. The van der Waals surface area contributed by atoms with Gasteiger partial charge in [0, 0.05) is 11.6 Å². The second-order valence-electron chi connectivity index (χ2n) is 5.95. The minimum absolute atomic E-state index is 0.171. The highest BCUT2D eigenvalue weighted by Crippen LogP contribution is 2.27. The molecule has 118 valence electrons. The summed E-state index contributed by atoms with van der Waals surface area (Å²) in [5.41, 5.74) is 0.966. The van der Waals surface area contributed by atoms with Crippen LogP contribution in [0, 0.1) is 0 Å². The van der Waals surface area contributed by atoms with Gasteiger partial charge in [-0.25, -0.2) is 0 Å². The maximum absolute atomic E-state index is 12.0. The van der Waals surface area contributed by atoms with E-state index in [0.29, 0.717) is 10.1 Å². The molecule has 5 nitrogen and oxygen atoms in total. The summed E-state index contributed by atoms with van der Waals surface area (Å²) in [5.74, 6) is -0.171. The average Bonchev–Trinajstić information content (AvgIpc) is 2.85. The summed E-state index contributed by atoms with van der Waals surface area (Å²) in [6, 6.07) is 9.74. The van der Waals surface area contributed by atoms with Crippen LogP contribution in [-0.2, 0) is 4.79 Å². The van der Waals surface area contributed by atoms with Gasteiger partial charge in [0.15, 0.2) is 5.17 Å². The summed E-state index contributed by atoms with van der Waals surface area (Å²) in [6.07, 6.45) is 3.59. The molecular formula is C17H17N3O2S. The lowest BCUT2D eigenvalue weighted by Crippen LogP contribution is -2.26. The van der Waals surface area contributed by atoms with Gasteiger partial charge in [0.2, 0.25) is 0 Å². The van der Waals surface area contributed by atoms with Crippen molar-refractivity contribution < 1.29 is 9.90 Å². The van der Waals surface area contributed by atoms with E-state index >= 15 is 0 Å². The number of nitrogens with zero attached hydrogens (tertiary/aromatic N) is 2. The summed E-state index contributed by atoms with van der Waals surface area (Å²) in [4.78, 5) is 21.1. The number of rotatable bonds is 3. The molecule has 1 aromatic heterocycles. The Morgan fingerprint density at radius 1 is 1.39 bits per heavy atom. The van der Waals surface area contributed by atoms with Crippen molar-refractivity contribution in [3.8, 4) is 0 Å². The summed E-state index contributed by atoms with van der Waals surface area (Å²) < 4.78 is 0. The number of amides is 1. The van der Waals surface area contributed by atoms with Gasteiger partial charge in [-0.3, -0.25) is 14.8 Å². The second-order valence-corrected chi connectivity index (χ2v) is 6.98. The lowest BCUT2D eigenvalue weighted by Gasteiger charge is -2.13. The first-order chi connectivity index (χ1) is 10.9. The van der Waals surface area contributed by atoms with Gasteiger partial charge in [-0.2, -0.15) is 0 Å². The van der Waals surface area contributed by atoms with Crippen molar-refractivity contribution in [2.45, 2.75) is 19.4 Å². The van der Waals surface area contributed by atoms with Crippen molar-refractivity contribution in [3.05, 3.63) is 47.0 Å². The number of hydrogen-bond donors (Lipinski definition) is 2. The molecule has 3 rings (SSSR count). The van der Waals surface area contributed by atoms with Crippen LogP contribution < -0.4 is 5.32 Å². The van der Waals surface area contributed by atoms with E-state index in [-0.39, 0.29) is 12.5 Å². The van der Waals surface area contributed by atoms with Crippen LogP contribution in [0.5, 0.6) is 0 Å². The Morgan fingerprint density at radius 2 is 2.22 bits per heavy atom. The Kier molecular flexibility index (Phi) is 4.19. The number of aliphatic hydroxyl groups is 1. The number of carbonyl (C=O) groups excluding carboxylic acids is 1. The Labute approximate surface area is 138 Å². The normalized spacial score (nSPS) is 18.8. The number of hydrogen-bond acceptors (Lipinski definition) is 5. The number of carbonyl (C=O) groups is 1. The molecule has 0 saturated carbocycles. The van der Waals surface area contributed by atoms with Crippen molar-refractivity contribution in [2.75, 3.05) is 6.54 Å². The van der Waals surface area contributed by atoms with Crippen LogP contribution >= 0.6 is 11.8 Å². The Morgan fingerprint density at radius 3 is 3.00 bits per heavy atom. The molecule has 23 heavy (non-hydrogen) atoms. The van der Waals surface area contributed by atoms with E-state index in [0.717, 1.165) is 16.5 Å². The summed E-state index contributed by atoms with van der Waals surface area (Å²) in [5, 5.41) is 14.0. The second kappa shape index (κ2) is 6.14. The van der Waals surface area contributed by atoms with Crippen LogP contribution in [0.15, 0.2) is 46.4 Å². The molecule has 0 bridgehead atoms. The van der Waals surface area contributed by atoms with Crippen LogP contribution in [-0.4, -0.2) is 33.3 Å². The Bertz CT molecular complexity index is 822. The zero-order valence-corrected chi connectivity index (χ0v) is 13.7. The maximum atomic E-state index is 12.0. The molecule has 1 amide bonds. The van der Waals surface area contributed by atoms with Gasteiger partial charge in [0.05, 0.1) is 22.6 Å². The lowest BCUT2D eigenvalue weighted by atomic mass is 10.1. The smallest absolute Gasteiger partial charge is 0.264 e. The fourth-order valence-corrected chi connectivity index (χ4v) is 2.92. The maximum Gasteiger partial charge on any atom is 0.264 e. The number of pyridine rings is 1. The lowest BCUT2D eigenvalue weighted by molar-refractivity contribution is -0.115. The van der Waals surface area contributed by atoms with E-state index < -0.39 is 5.60 Å². The number of thioether (sulfide) groups is 1. The first kappa shape index (κ1) is 15.7. The van der Waals surface area contributed by atoms with Crippen molar-refractivity contribution in [3.63, 3.8) is 0 Å². The number of fused-ring (bicyclic) bond motifs is 1. The topological polar surface area (TPSA) is 74.6 Å². The molecule has 1 aliphatic rings. The van der Waals surface area contributed by atoms with Crippen LogP contribution in [0.25, 0.3) is 17.0 Å².